The molecule has 1 saturated heterocycles. The highest BCUT2D eigenvalue weighted by Crippen LogP contribution is 2.37. The number of benzene rings is 1. The standard InChI is InChI=1S/C26H29BrN6O2S/c1-34-22-16-19(8-9-21(22)33-10-4-3-7-24(33)27)29-25-23(35-2)17-28-26(30-25)32-13-11-31(12-14-32)18-20-6-5-15-36-20/h3-9,15-17H,10-14,18H2,1-2H3,(H,28,29,30). The molecule has 8 nitrogen and oxygen atoms in total. The van der Waals surface area contributed by atoms with Gasteiger partial charge in [0.25, 0.3) is 0 Å². The highest BCUT2D eigenvalue weighted by atomic mass is 79.9. The lowest BCUT2D eigenvalue weighted by molar-refractivity contribution is 0.250. The van der Waals surface area contributed by atoms with E-state index in [-0.39, 0.29) is 0 Å². The summed E-state index contributed by atoms with van der Waals surface area (Å²) in [6, 6.07) is 10.3. The van der Waals surface area contributed by atoms with Crippen molar-refractivity contribution in [2.24, 2.45) is 0 Å². The number of aromatic nitrogens is 2. The summed E-state index contributed by atoms with van der Waals surface area (Å²) in [5.74, 6) is 2.67. The minimum atomic E-state index is 0.588. The fourth-order valence-corrected chi connectivity index (χ4v) is 5.54. The summed E-state index contributed by atoms with van der Waals surface area (Å²) in [7, 11) is 3.31. The Labute approximate surface area is 224 Å². The molecule has 0 amide bonds. The van der Waals surface area contributed by atoms with Gasteiger partial charge in [0.05, 0.1) is 30.7 Å². The van der Waals surface area contributed by atoms with Crippen LogP contribution in [0.15, 0.2) is 64.7 Å². The van der Waals surface area contributed by atoms with Gasteiger partial charge in [-0.1, -0.05) is 18.2 Å². The maximum atomic E-state index is 5.72. The normalized spacial score (nSPS) is 16.1. The Morgan fingerprint density at radius 2 is 1.92 bits per heavy atom. The number of allylic oxidation sites excluding steroid dienone is 2. The molecule has 1 fully saturated rings. The maximum absolute atomic E-state index is 5.72. The second-order valence-electron chi connectivity index (χ2n) is 8.47. The molecule has 0 aliphatic carbocycles. The zero-order valence-electron chi connectivity index (χ0n) is 20.4. The Kier molecular flexibility index (Phi) is 7.74. The van der Waals surface area contributed by atoms with Gasteiger partial charge in [0.15, 0.2) is 11.6 Å². The number of nitrogens with zero attached hydrogens (tertiary/aromatic N) is 5. The van der Waals surface area contributed by atoms with Crippen LogP contribution < -0.4 is 24.6 Å². The number of nitrogens with one attached hydrogen (secondary N) is 1. The van der Waals surface area contributed by atoms with Crippen LogP contribution in [0.5, 0.6) is 11.5 Å². The SMILES string of the molecule is COc1cc(Nc2nc(N3CCN(Cc4cccs4)CC3)ncc2OC)ccc1N1CC=CC=C1Br. The van der Waals surface area contributed by atoms with Crippen molar-refractivity contribution in [3.8, 4) is 11.5 Å². The molecule has 0 atom stereocenters. The van der Waals surface area contributed by atoms with Crippen LogP contribution in [0, 0.1) is 0 Å². The molecular formula is C26H29BrN6O2S. The van der Waals surface area contributed by atoms with Gasteiger partial charge in [-0.25, -0.2) is 4.98 Å². The smallest absolute Gasteiger partial charge is 0.227 e. The third-order valence-corrected chi connectivity index (χ3v) is 7.78. The summed E-state index contributed by atoms with van der Waals surface area (Å²) in [5.41, 5.74) is 1.83. The predicted octanol–water partition coefficient (Wildman–Crippen LogP) is 5.23. The fraction of sp³-hybridized carbons (Fsp3) is 0.308. The highest BCUT2D eigenvalue weighted by molar-refractivity contribution is 9.11. The van der Waals surface area contributed by atoms with E-state index in [0.717, 1.165) is 61.0 Å². The van der Waals surface area contributed by atoms with Crippen LogP contribution >= 0.6 is 27.3 Å². The highest BCUT2D eigenvalue weighted by Gasteiger charge is 2.21. The zero-order chi connectivity index (χ0) is 24.9. The summed E-state index contributed by atoms with van der Waals surface area (Å²) in [4.78, 5) is 17.7. The lowest BCUT2D eigenvalue weighted by atomic mass is 10.2. The molecule has 2 aliphatic rings. The summed E-state index contributed by atoms with van der Waals surface area (Å²) >= 11 is 5.44. The topological polar surface area (TPSA) is 66.0 Å². The first-order valence-corrected chi connectivity index (χ1v) is 13.5. The molecule has 36 heavy (non-hydrogen) atoms. The van der Waals surface area contributed by atoms with Crippen molar-refractivity contribution in [3.05, 3.63) is 69.6 Å². The number of thiophene rings is 1. The molecular weight excluding hydrogens is 540 g/mol. The molecule has 1 N–H and O–H groups in total. The third-order valence-electron chi connectivity index (χ3n) is 6.23. The average Bonchev–Trinajstić information content (AvgIpc) is 3.42. The second kappa shape index (κ2) is 11.3. The van der Waals surface area contributed by atoms with Crippen LogP contribution in [0.25, 0.3) is 0 Å². The van der Waals surface area contributed by atoms with Crippen molar-refractivity contribution >= 4 is 50.4 Å². The van der Waals surface area contributed by atoms with Crippen molar-refractivity contribution in [2.75, 3.05) is 62.1 Å². The summed E-state index contributed by atoms with van der Waals surface area (Å²) in [6.45, 7) is 5.48. The van der Waals surface area contributed by atoms with Crippen LogP contribution in [0.3, 0.4) is 0 Å². The van der Waals surface area contributed by atoms with Gasteiger partial charge in [0.2, 0.25) is 5.95 Å². The predicted molar refractivity (Wildman–Crippen MR) is 150 cm³/mol. The molecule has 0 spiro atoms. The van der Waals surface area contributed by atoms with E-state index in [4.69, 9.17) is 14.5 Å². The van der Waals surface area contributed by atoms with Gasteiger partial charge in [-0.15, -0.1) is 11.3 Å². The number of hydrogen-bond acceptors (Lipinski definition) is 9. The molecule has 4 heterocycles. The van der Waals surface area contributed by atoms with Crippen LogP contribution in [0.2, 0.25) is 0 Å². The number of piperazine rings is 1. The Balaban J connectivity index is 1.30. The summed E-state index contributed by atoms with van der Waals surface area (Å²) in [5, 5.41) is 5.54. The molecule has 2 aromatic heterocycles. The molecule has 5 rings (SSSR count). The van der Waals surface area contributed by atoms with Gasteiger partial charge in [0.1, 0.15) is 5.75 Å². The molecule has 10 heteroatoms. The Hall–Kier alpha value is -3.08. The Morgan fingerprint density at radius 3 is 2.64 bits per heavy atom. The van der Waals surface area contributed by atoms with Crippen molar-refractivity contribution in [1.29, 1.82) is 0 Å². The van der Waals surface area contributed by atoms with E-state index in [1.54, 1.807) is 20.4 Å². The van der Waals surface area contributed by atoms with Crippen LogP contribution in [0.4, 0.5) is 23.1 Å². The summed E-state index contributed by atoms with van der Waals surface area (Å²) in [6.07, 6.45) is 7.89. The number of halogens is 1. The van der Waals surface area contributed by atoms with E-state index in [2.05, 4.69) is 64.5 Å². The number of anilines is 4. The minimum absolute atomic E-state index is 0.588. The Bertz CT molecular complexity index is 1240. The molecule has 3 aromatic rings. The maximum Gasteiger partial charge on any atom is 0.227 e. The van der Waals surface area contributed by atoms with Crippen LogP contribution in [-0.4, -0.2) is 61.8 Å². The first-order valence-electron chi connectivity index (χ1n) is 11.8. The van der Waals surface area contributed by atoms with E-state index in [9.17, 15) is 0 Å². The average molecular weight is 570 g/mol. The van der Waals surface area contributed by atoms with Crippen molar-refractivity contribution in [1.82, 2.24) is 14.9 Å². The molecule has 0 bridgehead atoms. The van der Waals surface area contributed by atoms with Crippen LogP contribution in [0.1, 0.15) is 4.88 Å². The number of ether oxygens (including phenoxy) is 2. The Morgan fingerprint density at radius 1 is 1.08 bits per heavy atom. The van der Waals surface area contributed by atoms with Crippen molar-refractivity contribution < 1.29 is 9.47 Å². The van der Waals surface area contributed by atoms with Gasteiger partial charge in [-0.05, 0) is 45.6 Å². The fourth-order valence-electron chi connectivity index (χ4n) is 4.30. The number of hydrogen-bond donors (Lipinski definition) is 1. The largest absolute Gasteiger partial charge is 0.494 e. The van der Waals surface area contributed by atoms with Crippen molar-refractivity contribution in [2.45, 2.75) is 6.54 Å². The van der Waals surface area contributed by atoms with E-state index >= 15 is 0 Å². The number of methoxy groups -OCH3 is 2. The summed E-state index contributed by atoms with van der Waals surface area (Å²) < 4.78 is 12.3. The lowest BCUT2D eigenvalue weighted by Crippen LogP contribution is -2.46. The van der Waals surface area contributed by atoms with Gasteiger partial charge in [-0.3, -0.25) is 4.90 Å². The third kappa shape index (κ3) is 5.50. The monoisotopic (exact) mass is 568 g/mol. The van der Waals surface area contributed by atoms with E-state index in [1.807, 2.05) is 41.7 Å². The van der Waals surface area contributed by atoms with E-state index < -0.39 is 0 Å². The zero-order valence-corrected chi connectivity index (χ0v) is 22.8. The second-order valence-corrected chi connectivity index (χ2v) is 10.3. The quantitative estimate of drug-likeness (QED) is 0.370. The van der Waals surface area contributed by atoms with Crippen LogP contribution in [-0.2, 0) is 6.54 Å². The first-order chi connectivity index (χ1) is 17.6. The molecule has 2 aliphatic heterocycles. The van der Waals surface area contributed by atoms with E-state index in [1.165, 1.54) is 4.88 Å². The van der Waals surface area contributed by atoms with Gasteiger partial charge >= 0.3 is 0 Å². The van der Waals surface area contributed by atoms with Gasteiger partial charge in [-0.2, -0.15) is 4.98 Å². The molecule has 0 unspecified atom stereocenters. The number of rotatable bonds is 8. The molecule has 1 aromatic carbocycles. The molecule has 0 radical (unpaired) electrons. The van der Waals surface area contributed by atoms with E-state index in [0.29, 0.717) is 17.5 Å². The van der Waals surface area contributed by atoms with Gasteiger partial charge < -0.3 is 24.6 Å². The lowest BCUT2D eigenvalue weighted by Gasteiger charge is -2.34. The van der Waals surface area contributed by atoms with Gasteiger partial charge in [0, 0.05) is 55.9 Å². The molecule has 188 valence electrons. The minimum Gasteiger partial charge on any atom is -0.494 e. The first kappa shape index (κ1) is 24.6. The van der Waals surface area contributed by atoms with Crippen molar-refractivity contribution in [3.63, 3.8) is 0 Å². The molecule has 0 saturated carbocycles.